The molecule has 0 aliphatic carbocycles. The first kappa shape index (κ1) is 31.6. The number of ether oxygens (including phenoxy) is 1. The predicted octanol–water partition coefficient (Wildman–Crippen LogP) is 4.36. The summed E-state index contributed by atoms with van der Waals surface area (Å²) in [6.45, 7) is 8.81. The highest BCUT2D eigenvalue weighted by atomic mass is 32.2. The molecule has 0 unspecified atom stereocenters. The highest BCUT2D eigenvalue weighted by molar-refractivity contribution is 7.89. The van der Waals surface area contributed by atoms with Gasteiger partial charge in [0.15, 0.2) is 0 Å². The van der Waals surface area contributed by atoms with Crippen molar-refractivity contribution in [2.45, 2.75) is 70.2 Å². The van der Waals surface area contributed by atoms with Crippen molar-refractivity contribution in [3.63, 3.8) is 0 Å². The van der Waals surface area contributed by atoms with Crippen LogP contribution < -0.4 is 5.32 Å². The first-order valence-electron chi connectivity index (χ1n) is 15.5. The minimum absolute atomic E-state index is 0.00962. The first-order chi connectivity index (χ1) is 20.7. The zero-order valence-corrected chi connectivity index (χ0v) is 26.7. The van der Waals surface area contributed by atoms with Crippen LogP contribution in [0.2, 0.25) is 0 Å². The van der Waals surface area contributed by atoms with Crippen molar-refractivity contribution >= 4 is 44.1 Å². The number of sulfonamides is 1. The Balaban J connectivity index is 1.31. The molecular formula is C31H42N4O6S2. The van der Waals surface area contributed by atoms with E-state index in [-0.39, 0.29) is 41.7 Å². The molecule has 2 aromatic rings. The van der Waals surface area contributed by atoms with Crippen LogP contribution >= 0.6 is 11.3 Å². The Bertz CT molecular complexity index is 1420. The SMILES string of the molecule is CCCN1CCc2c(sc(NC(=O)c3ccc(S(=O)(=O)N4CCC(C(=O)OCC)CC4)cc3)c2C(=O)N2CCCCC2)C1. The van der Waals surface area contributed by atoms with E-state index in [2.05, 4.69) is 17.1 Å². The number of esters is 1. The topological polar surface area (TPSA) is 116 Å². The number of carbonyl (C=O) groups is 3. The van der Waals surface area contributed by atoms with Crippen molar-refractivity contribution in [1.82, 2.24) is 14.1 Å². The highest BCUT2D eigenvalue weighted by Crippen LogP contribution is 2.38. The number of piperidine rings is 2. The number of anilines is 1. The molecule has 1 aromatic carbocycles. The molecule has 12 heteroatoms. The van der Waals surface area contributed by atoms with Gasteiger partial charge in [-0.25, -0.2) is 8.42 Å². The van der Waals surface area contributed by atoms with E-state index >= 15 is 0 Å². The van der Waals surface area contributed by atoms with Crippen molar-refractivity contribution in [3.05, 3.63) is 45.8 Å². The molecular weight excluding hydrogens is 588 g/mol. The number of hydrogen-bond acceptors (Lipinski definition) is 8. The van der Waals surface area contributed by atoms with Crippen LogP contribution in [0, 0.1) is 5.92 Å². The molecule has 10 nitrogen and oxygen atoms in total. The lowest BCUT2D eigenvalue weighted by molar-refractivity contribution is -0.149. The fraction of sp³-hybridized carbons (Fsp3) is 0.581. The Morgan fingerprint density at radius 2 is 1.67 bits per heavy atom. The van der Waals surface area contributed by atoms with Crippen LogP contribution in [0.5, 0.6) is 0 Å². The molecule has 2 fully saturated rings. The third-order valence-corrected chi connectivity index (χ3v) is 11.6. The zero-order valence-electron chi connectivity index (χ0n) is 25.1. The maximum absolute atomic E-state index is 13.7. The van der Waals surface area contributed by atoms with Gasteiger partial charge >= 0.3 is 5.97 Å². The molecule has 0 radical (unpaired) electrons. The summed E-state index contributed by atoms with van der Waals surface area (Å²) in [5.41, 5.74) is 1.99. The zero-order chi connectivity index (χ0) is 30.6. The Hall–Kier alpha value is -2.80. The number of likely N-dealkylation sites (tertiary alicyclic amines) is 1. The first-order valence-corrected chi connectivity index (χ1v) is 17.7. The molecule has 2 amide bonds. The second kappa shape index (κ2) is 13.9. The Morgan fingerprint density at radius 1 is 0.977 bits per heavy atom. The highest BCUT2D eigenvalue weighted by Gasteiger charge is 2.34. The molecule has 1 aromatic heterocycles. The summed E-state index contributed by atoms with van der Waals surface area (Å²) >= 11 is 1.48. The van der Waals surface area contributed by atoms with Gasteiger partial charge in [0.05, 0.1) is 23.0 Å². The van der Waals surface area contributed by atoms with Gasteiger partial charge in [-0.05, 0) is 88.2 Å². The molecule has 2 saturated heterocycles. The minimum Gasteiger partial charge on any atom is -0.466 e. The van der Waals surface area contributed by atoms with Crippen molar-refractivity contribution in [3.8, 4) is 0 Å². The van der Waals surface area contributed by atoms with Crippen molar-refractivity contribution < 1.29 is 27.5 Å². The van der Waals surface area contributed by atoms with E-state index in [1.54, 1.807) is 6.92 Å². The number of carbonyl (C=O) groups excluding carboxylic acids is 3. The van der Waals surface area contributed by atoms with Gasteiger partial charge in [0.2, 0.25) is 10.0 Å². The number of benzene rings is 1. The van der Waals surface area contributed by atoms with Crippen LogP contribution in [0.3, 0.4) is 0 Å². The molecule has 234 valence electrons. The lowest BCUT2D eigenvalue weighted by Gasteiger charge is -2.30. The summed E-state index contributed by atoms with van der Waals surface area (Å²) in [4.78, 5) is 44.7. The smallest absolute Gasteiger partial charge is 0.309 e. The average Bonchev–Trinajstić information content (AvgIpc) is 3.38. The molecule has 5 rings (SSSR count). The molecule has 43 heavy (non-hydrogen) atoms. The molecule has 4 heterocycles. The number of rotatable bonds is 9. The van der Waals surface area contributed by atoms with Gasteiger partial charge in [-0.3, -0.25) is 19.3 Å². The van der Waals surface area contributed by atoms with E-state index < -0.39 is 10.0 Å². The number of fused-ring (bicyclic) bond motifs is 1. The molecule has 0 bridgehead atoms. The summed E-state index contributed by atoms with van der Waals surface area (Å²) in [6, 6.07) is 5.92. The Labute approximate surface area is 258 Å². The average molecular weight is 631 g/mol. The second-order valence-corrected chi connectivity index (χ2v) is 14.5. The molecule has 0 spiro atoms. The van der Waals surface area contributed by atoms with E-state index in [1.807, 2.05) is 4.90 Å². The number of thiophene rings is 1. The van der Waals surface area contributed by atoms with E-state index in [4.69, 9.17) is 4.74 Å². The minimum atomic E-state index is -3.77. The number of amides is 2. The third-order valence-electron chi connectivity index (χ3n) is 8.59. The van der Waals surface area contributed by atoms with E-state index in [1.165, 1.54) is 39.9 Å². The number of hydrogen-bond donors (Lipinski definition) is 1. The normalized spacial score (nSPS) is 18.7. The van der Waals surface area contributed by atoms with Gasteiger partial charge in [-0.2, -0.15) is 4.31 Å². The van der Waals surface area contributed by atoms with Gasteiger partial charge in [0, 0.05) is 49.7 Å². The third kappa shape index (κ3) is 6.97. The summed E-state index contributed by atoms with van der Waals surface area (Å²) in [6.07, 6.45) is 5.77. The summed E-state index contributed by atoms with van der Waals surface area (Å²) in [7, 11) is -3.77. The Kier molecular flexibility index (Phi) is 10.2. The van der Waals surface area contributed by atoms with Crippen LogP contribution in [0.4, 0.5) is 5.00 Å². The number of nitrogens with zero attached hydrogens (tertiary/aromatic N) is 3. The quantitative estimate of drug-likeness (QED) is 0.410. The van der Waals surface area contributed by atoms with Crippen molar-refractivity contribution in [2.24, 2.45) is 5.92 Å². The summed E-state index contributed by atoms with van der Waals surface area (Å²) in [5.74, 6) is -0.956. The molecule has 1 N–H and O–H groups in total. The summed E-state index contributed by atoms with van der Waals surface area (Å²) < 4.78 is 33.0. The lowest BCUT2D eigenvalue weighted by atomic mass is 9.98. The van der Waals surface area contributed by atoms with Crippen molar-refractivity contribution in [1.29, 1.82) is 0 Å². The van der Waals surface area contributed by atoms with Crippen LogP contribution in [-0.2, 0) is 32.5 Å². The molecule has 0 saturated carbocycles. The second-order valence-electron chi connectivity index (χ2n) is 11.5. The van der Waals surface area contributed by atoms with Gasteiger partial charge in [0.1, 0.15) is 5.00 Å². The van der Waals surface area contributed by atoms with Gasteiger partial charge in [0.25, 0.3) is 11.8 Å². The van der Waals surface area contributed by atoms with Crippen LogP contribution in [0.15, 0.2) is 29.2 Å². The fourth-order valence-corrected chi connectivity index (χ4v) is 8.97. The van der Waals surface area contributed by atoms with Gasteiger partial charge < -0.3 is 15.0 Å². The largest absolute Gasteiger partial charge is 0.466 e. The molecule has 3 aliphatic heterocycles. The predicted molar refractivity (Wildman–Crippen MR) is 166 cm³/mol. The van der Waals surface area contributed by atoms with Gasteiger partial charge in [-0.15, -0.1) is 11.3 Å². The summed E-state index contributed by atoms with van der Waals surface area (Å²) in [5, 5.41) is 3.58. The van der Waals surface area contributed by atoms with Crippen LogP contribution in [0.25, 0.3) is 0 Å². The number of nitrogens with one attached hydrogen (secondary N) is 1. The van der Waals surface area contributed by atoms with Crippen LogP contribution in [0.1, 0.15) is 83.5 Å². The van der Waals surface area contributed by atoms with E-state index in [0.717, 1.165) is 75.3 Å². The Morgan fingerprint density at radius 3 is 2.33 bits per heavy atom. The maximum Gasteiger partial charge on any atom is 0.309 e. The lowest BCUT2D eigenvalue weighted by Crippen LogP contribution is -2.40. The standard InChI is InChI=1S/C31H42N4O6S2/c1-3-15-33-18-14-25-26(21-33)42-29(27(25)30(37)34-16-6-5-7-17-34)32-28(36)22-8-10-24(11-9-22)43(39,40)35-19-12-23(13-20-35)31(38)41-4-2/h8-11,23H,3-7,12-21H2,1-2H3,(H,32,36). The monoisotopic (exact) mass is 630 g/mol. The molecule has 0 atom stereocenters. The molecule has 3 aliphatic rings. The van der Waals surface area contributed by atoms with Gasteiger partial charge in [-0.1, -0.05) is 6.92 Å². The van der Waals surface area contributed by atoms with Crippen LogP contribution in [-0.4, -0.2) is 86.2 Å². The van der Waals surface area contributed by atoms with E-state index in [9.17, 15) is 22.8 Å². The van der Waals surface area contributed by atoms with E-state index in [0.29, 0.717) is 35.6 Å². The van der Waals surface area contributed by atoms with Crippen molar-refractivity contribution in [2.75, 3.05) is 51.2 Å². The fourth-order valence-electron chi connectivity index (χ4n) is 6.23. The maximum atomic E-state index is 13.7.